The molecule has 0 bridgehead atoms. The van der Waals surface area contributed by atoms with Gasteiger partial charge in [0.2, 0.25) is 5.13 Å². The maximum atomic E-state index is 3.68. The summed E-state index contributed by atoms with van der Waals surface area (Å²) in [5.74, 6) is 0. The third-order valence-corrected chi connectivity index (χ3v) is 1.92. The van der Waals surface area contributed by atoms with Gasteiger partial charge in [-0.15, -0.1) is 10.2 Å². The summed E-state index contributed by atoms with van der Waals surface area (Å²) in [4.78, 5) is 0. The topological polar surface area (TPSA) is 37.8 Å². The number of hydrogen-bond donors (Lipinski definition) is 1. The first kappa shape index (κ1) is 5.23. The third kappa shape index (κ3) is 1.23. The first-order valence-electron chi connectivity index (χ1n) is 1.56. The van der Waals surface area contributed by atoms with E-state index >= 15 is 0 Å². The minimum absolute atomic E-state index is 0.848. The van der Waals surface area contributed by atoms with Crippen molar-refractivity contribution in [3.05, 3.63) is 5.51 Å². The van der Waals surface area contributed by atoms with Crippen LogP contribution in [0, 0.1) is 0 Å². The third-order valence-electron chi connectivity index (χ3n) is 0.441. The number of hydrogen-bond acceptors (Lipinski definition) is 4. The first-order chi connectivity index (χ1) is 3.43. The Bertz CT molecular complexity index is 127. The largest absolute Gasteiger partial charge is 0.303 e. The van der Waals surface area contributed by atoms with Crippen molar-refractivity contribution in [1.29, 1.82) is 0 Å². The van der Waals surface area contributed by atoms with Gasteiger partial charge in [-0.25, -0.2) is 0 Å². The van der Waals surface area contributed by atoms with Crippen molar-refractivity contribution in [2.75, 3.05) is 3.53 Å². The molecule has 0 radical (unpaired) electrons. The van der Waals surface area contributed by atoms with Gasteiger partial charge in [-0.2, -0.15) is 0 Å². The van der Waals surface area contributed by atoms with Gasteiger partial charge in [0.25, 0.3) is 0 Å². The van der Waals surface area contributed by atoms with Crippen LogP contribution in [0.1, 0.15) is 0 Å². The van der Waals surface area contributed by atoms with E-state index < -0.39 is 0 Å². The van der Waals surface area contributed by atoms with Gasteiger partial charge in [0, 0.05) is 0 Å². The van der Waals surface area contributed by atoms with Crippen molar-refractivity contribution in [2.45, 2.75) is 0 Å². The minimum atomic E-state index is 0.848. The Balaban J connectivity index is 2.76. The quantitative estimate of drug-likeness (QED) is 0.580. The molecule has 1 heterocycles. The van der Waals surface area contributed by atoms with E-state index in [1.54, 1.807) is 5.51 Å². The number of nitrogens with zero attached hydrogens (tertiary/aromatic N) is 2. The standard InChI is InChI=1S/C2H2IN3S/c3-5-2-6-4-1-7-2/h1H,(H,5,6). The molecule has 1 N–H and O–H groups in total. The summed E-state index contributed by atoms with van der Waals surface area (Å²) in [5, 5.41) is 8.13. The molecule has 38 valence electrons. The van der Waals surface area contributed by atoms with Crippen LogP contribution in [0.25, 0.3) is 0 Å². The van der Waals surface area contributed by atoms with Crippen molar-refractivity contribution < 1.29 is 0 Å². The highest BCUT2D eigenvalue weighted by Crippen LogP contribution is 2.08. The maximum absolute atomic E-state index is 3.68. The fourth-order valence-electron chi connectivity index (χ4n) is 0.214. The summed E-state index contributed by atoms with van der Waals surface area (Å²) in [5.41, 5.74) is 1.68. The number of rotatable bonds is 1. The number of nitrogens with one attached hydrogen (secondary N) is 1. The molecule has 0 amide bonds. The maximum Gasteiger partial charge on any atom is 0.214 e. The lowest BCUT2D eigenvalue weighted by molar-refractivity contribution is 1.10. The molecule has 0 aromatic carbocycles. The zero-order chi connectivity index (χ0) is 5.11. The van der Waals surface area contributed by atoms with Gasteiger partial charge < -0.3 is 3.53 Å². The number of anilines is 1. The first-order valence-corrected chi connectivity index (χ1v) is 3.52. The summed E-state index contributed by atoms with van der Waals surface area (Å²) < 4.78 is 2.82. The highest BCUT2D eigenvalue weighted by atomic mass is 127. The predicted octanol–water partition coefficient (Wildman–Crippen LogP) is 1.30. The normalized spacial score (nSPS) is 8.71. The molecule has 1 rings (SSSR count). The van der Waals surface area contributed by atoms with Crippen LogP contribution in [0.2, 0.25) is 0 Å². The Morgan fingerprint density at radius 1 is 1.86 bits per heavy atom. The van der Waals surface area contributed by atoms with Crippen LogP contribution in [0.15, 0.2) is 5.51 Å². The van der Waals surface area contributed by atoms with Gasteiger partial charge in [0.05, 0.1) is 22.9 Å². The molecule has 0 fully saturated rings. The summed E-state index contributed by atoms with van der Waals surface area (Å²) in [6.07, 6.45) is 0. The Morgan fingerprint density at radius 2 is 2.71 bits per heavy atom. The molecule has 0 saturated carbocycles. The molecule has 1 aromatic rings. The predicted molar refractivity (Wildman–Crippen MR) is 37.6 cm³/mol. The highest BCUT2D eigenvalue weighted by Gasteiger charge is 1.86. The Kier molecular flexibility index (Phi) is 1.80. The number of halogens is 1. The van der Waals surface area contributed by atoms with E-state index in [9.17, 15) is 0 Å². The second-order valence-electron chi connectivity index (χ2n) is 0.838. The zero-order valence-corrected chi connectivity index (χ0v) is 6.23. The molecule has 0 spiro atoms. The molecule has 0 saturated heterocycles. The van der Waals surface area contributed by atoms with Gasteiger partial charge in [0.1, 0.15) is 5.51 Å². The zero-order valence-electron chi connectivity index (χ0n) is 3.26. The van der Waals surface area contributed by atoms with Gasteiger partial charge in [-0.05, 0) is 0 Å². The molecular formula is C2H2IN3S. The average Bonchev–Trinajstić information content (AvgIpc) is 2.14. The molecule has 0 atom stereocenters. The van der Waals surface area contributed by atoms with Crippen LogP contribution >= 0.6 is 34.2 Å². The summed E-state index contributed by atoms with van der Waals surface area (Å²) >= 11 is 3.49. The van der Waals surface area contributed by atoms with Crippen LogP contribution < -0.4 is 3.53 Å². The molecule has 7 heavy (non-hydrogen) atoms. The average molecular weight is 227 g/mol. The smallest absolute Gasteiger partial charge is 0.214 e. The lowest BCUT2D eigenvalue weighted by Gasteiger charge is -1.79. The van der Waals surface area contributed by atoms with E-state index in [0.717, 1.165) is 5.13 Å². The van der Waals surface area contributed by atoms with Crippen LogP contribution in [0.4, 0.5) is 5.13 Å². The Hall–Kier alpha value is 0.0900. The fourth-order valence-corrected chi connectivity index (χ4v) is 1.04. The molecule has 1 aromatic heterocycles. The second-order valence-corrected chi connectivity index (χ2v) is 2.21. The lowest BCUT2D eigenvalue weighted by Crippen LogP contribution is -1.74. The van der Waals surface area contributed by atoms with Crippen molar-refractivity contribution in [2.24, 2.45) is 0 Å². The molecule has 3 nitrogen and oxygen atoms in total. The van der Waals surface area contributed by atoms with E-state index in [1.807, 2.05) is 22.9 Å². The molecule has 0 aliphatic carbocycles. The lowest BCUT2D eigenvalue weighted by atomic mass is 11.3. The Labute approximate surface area is 58.6 Å². The van der Waals surface area contributed by atoms with E-state index in [-0.39, 0.29) is 0 Å². The van der Waals surface area contributed by atoms with Crippen molar-refractivity contribution in [1.82, 2.24) is 10.2 Å². The molecule has 0 aliphatic rings. The van der Waals surface area contributed by atoms with E-state index in [2.05, 4.69) is 13.7 Å². The van der Waals surface area contributed by atoms with E-state index in [1.165, 1.54) is 11.3 Å². The summed E-state index contributed by atoms with van der Waals surface area (Å²) in [6, 6.07) is 0. The molecule has 0 aliphatic heterocycles. The number of aromatic nitrogens is 2. The van der Waals surface area contributed by atoms with Crippen molar-refractivity contribution in [3.8, 4) is 0 Å². The van der Waals surface area contributed by atoms with Crippen molar-refractivity contribution in [3.63, 3.8) is 0 Å². The second kappa shape index (κ2) is 2.41. The summed E-state index contributed by atoms with van der Waals surface area (Å²) in [7, 11) is 0. The van der Waals surface area contributed by atoms with Crippen LogP contribution in [-0.4, -0.2) is 10.2 Å². The van der Waals surface area contributed by atoms with Gasteiger partial charge >= 0.3 is 0 Å². The molecule has 5 heteroatoms. The van der Waals surface area contributed by atoms with Gasteiger partial charge in [0.15, 0.2) is 0 Å². The fraction of sp³-hybridized carbons (Fsp3) is 0. The molecule has 0 unspecified atom stereocenters. The van der Waals surface area contributed by atoms with E-state index in [4.69, 9.17) is 0 Å². The van der Waals surface area contributed by atoms with Crippen LogP contribution in [-0.2, 0) is 0 Å². The van der Waals surface area contributed by atoms with E-state index in [0.29, 0.717) is 0 Å². The Morgan fingerprint density at radius 3 is 3.00 bits per heavy atom. The van der Waals surface area contributed by atoms with Gasteiger partial charge in [-0.3, -0.25) is 0 Å². The van der Waals surface area contributed by atoms with Gasteiger partial charge in [-0.1, -0.05) is 11.3 Å². The monoisotopic (exact) mass is 227 g/mol. The van der Waals surface area contributed by atoms with Crippen LogP contribution in [0.5, 0.6) is 0 Å². The summed E-state index contributed by atoms with van der Waals surface area (Å²) in [6.45, 7) is 0. The van der Waals surface area contributed by atoms with Crippen molar-refractivity contribution >= 4 is 39.3 Å². The minimum Gasteiger partial charge on any atom is -0.303 e. The molecular weight excluding hydrogens is 225 g/mol. The SMILES string of the molecule is INc1nncs1. The highest BCUT2D eigenvalue weighted by molar-refractivity contribution is 14.1. The van der Waals surface area contributed by atoms with Crippen LogP contribution in [0.3, 0.4) is 0 Å².